The van der Waals surface area contributed by atoms with Gasteiger partial charge in [0.05, 0.1) is 24.5 Å². The van der Waals surface area contributed by atoms with E-state index in [4.69, 9.17) is 21.3 Å². The van der Waals surface area contributed by atoms with Gasteiger partial charge in [0.1, 0.15) is 10.8 Å². The van der Waals surface area contributed by atoms with Gasteiger partial charge in [0.25, 0.3) is 0 Å². The van der Waals surface area contributed by atoms with Gasteiger partial charge < -0.3 is 30.1 Å². The second-order valence-corrected chi connectivity index (χ2v) is 11.5. The van der Waals surface area contributed by atoms with Crippen LogP contribution < -0.4 is 20.4 Å². The van der Waals surface area contributed by atoms with E-state index in [0.717, 1.165) is 49.3 Å². The number of anilines is 4. The number of nitrogens with one attached hydrogen (secondary N) is 2. The minimum Gasteiger partial charge on any atom is -0.487 e. The fourth-order valence-electron chi connectivity index (χ4n) is 6.23. The second-order valence-electron chi connectivity index (χ2n) is 11.1. The second kappa shape index (κ2) is 8.33. The van der Waals surface area contributed by atoms with Gasteiger partial charge in [-0.25, -0.2) is 13.8 Å². The standard InChI is InChI=1S/C26H30ClF2N7O/c1-34-10-16-8-17(11-34)36(16)25-30-9-19(27)24(33-25)31-15-5-6-20-18(7-15)22-21(12-35(20)2)37-13-26(28,29)23(32-22)14-3-4-14/h5-7,9,14,16-17,23,32H,3-4,8,10-13H2,1-2H3,(H,30,31,33)/t16?,17?,23-/m0/s1. The predicted molar refractivity (Wildman–Crippen MR) is 140 cm³/mol. The molecule has 2 aromatic rings. The topological polar surface area (TPSA) is 68.8 Å². The van der Waals surface area contributed by atoms with Gasteiger partial charge >= 0.3 is 5.92 Å². The van der Waals surface area contributed by atoms with Crippen LogP contribution in [0.5, 0.6) is 0 Å². The van der Waals surface area contributed by atoms with Crippen LogP contribution in [0.3, 0.4) is 0 Å². The van der Waals surface area contributed by atoms with Crippen LogP contribution in [-0.2, 0) is 4.74 Å². The van der Waals surface area contributed by atoms with E-state index >= 15 is 0 Å². The smallest absolute Gasteiger partial charge is 0.301 e. The maximum atomic E-state index is 14.9. The van der Waals surface area contributed by atoms with Gasteiger partial charge in [-0.3, -0.25) is 0 Å². The molecule has 3 atom stereocenters. The molecule has 4 fully saturated rings. The number of hydrogen-bond acceptors (Lipinski definition) is 8. The van der Waals surface area contributed by atoms with Crippen LogP contribution in [0.2, 0.25) is 5.02 Å². The largest absolute Gasteiger partial charge is 0.487 e. The van der Waals surface area contributed by atoms with Crippen LogP contribution in [0.25, 0.3) is 5.70 Å². The first-order valence-electron chi connectivity index (χ1n) is 12.9. The molecule has 0 spiro atoms. The highest BCUT2D eigenvalue weighted by Crippen LogP contribution is 2.45. The highest BCUT2D eigenvalue weighted by atomic mass is 35.5. The van der Waals surface area contributed by atoms with Crippen LogP contribution in [0.1, 0.15) is 24.8 Å². The summed E-state index contributed by atoms with van der Waals surface area (Å²) in [7, 11) is 4.08. The Balaban J connectivity index is 1.19. The van der Waals surface area contributed by atoms with Gasteiger partial charge in [-0.1, -0.05) is 11.6 Å². The average Bonchev–Trinajstić information content (AvgIpc) is 3.69. The van der Waals surface area contributed by atoms with Crippen molar-refractivity contribution in [2.45, 2.75) is 43.3 Å². The van der Waals surface area contributed by atoms with Crippen molar-refractivity contribution < 1.29 is 13.5 Å². The molecule has 8 nitrogen and oxygen atoms in total. The van der Waals surface area contributed by atoms with Gasteiger partial charge in [0.15, 0.2) is 12.4 Å². The Morgan fingerprint density at radius 1 is 1.19 bits per heavy atom. The van der Waals surface area contributed by atoms with E-state index in [1.165, 1.54) is 0 Å². The normalized spacial score (nSPS) is 28.4. The number of rotatable bonds is 4. The summed E-state index contributed by atoms with van der Waals surface area (Å²) in [5.74, 6) is -1.21. The summed E-state index contributed by atoms with van der Waals surface area (Å²) < 4.78 is 35.5. The molecule has 1 aromatic carbocycles. The number of halogens is 3. The number of hydrogen-bond donors (Lipinski definition) is 2. The zero-order valence-corrected chi connectivity index (χ0v) is 21.6. The SMILES string of the molecule is CN1CC2CC(C1)N2c1ncc(Cl)c(Nc2ccc3c(c2)C2=C(CN3C)OCC(F)(F)[C@H](C3CC3)N2)n1. The van der Waals surface area contributed by atoms with E-state index < -0.39 is 18.6 Å². The first kappa shape index (κ1) is 23.3. The molecular weight excluding hydrogens is 500 g/mol. The molecule has 1 aromatic heterocycles. The van der Waals surface area contributed by atoms with E-state index in [-0.39, 0.29) is 5.92 Å². The predicted octanol–water partition coefficient (Wildman–Crippen LogP) is 3.92. The zero-order valence-electron chi connectivity index (χ0n) is 20.8. The summed E-state index contributed by atoms with van der Waals surface area (Å²) in [6, 6.07) is 5.81. The molecular formula is C26H30ClF2N7O. The maximum absolute atomic E-state index is 14.9. The first-order chi connectivity index (χ1) is 17.8. The summed E-state index contributed by atoms with van der Waals surface area (Å²) in [6.45, 7) is 1.83. The van der Waals surface area contributed by atoms with Crippen LogP contribution in [0.4, 0.5) is 31.9 Å². The maximum Gasteiger partial charge on any atom is 0.301 e. The molecule has 196 valence electrons. The summed E-state index contributed by atoms with van der Waals surface area (Å²) in [5, 5.41) is 6.98. The minimum absolute atomic E-state index is 0.0334. The number of fused-ring (bicyclic) bond motifs is 4. The van der Waals surface area contributed by atoms with Crippen LogP contribution in [0, 0.1) is 5.92 Å². The van der Waals surface area contributed by atoms with Crippen LogP contribution in [0.15, 0.2) is 30.2 Å². The summed E-state index contributed by atoms with van der Waals surface area (Å²) >= 11 is 6.50. The van der Waals surface area contributed by atoms with Gasteiger partial charge in [0, 0.05) is 49.2 Å². The van der Waals surface area contributed by atoms with E-state index in [9.17, 15) is 8.78 Å². The Morgan fingerprint density at radius 3 is 2.73 bits per heavy atom. The zero-order chi connectivity index (χ0) is 25.5. The molecule has 1 aliphatic carbocycles. The highest BCUT2D eigenvalue weighted by molar-refractivity contribution is 6.32. The third-order valence-electron chi connectivity index (χ3n) is 8.22. The van der Waals surface area contributed by atoms with E-state index in [1.54, 1.807) is 6.20 Å². The van der Waals surface area contributed by atoms with Gasteiger partial charge in [-0.05, 0) is 50.4 Å². The van der Waals surface area contributed by atoms with Crippen molar-refractivity contribution >= 4 is 40.4 Å². The number of aromatic nitrogens is 2. The molecule has 2 N–H and O–H groups in total. The Kier molecular flexibility index (Phi) is 5.24. The Hall–Kier alpha value is -2.85. The third kappa shape index (κ3) is 3.96. The van der Waals surface area contributed by atoms with Crippen molar-refractivity contribution in [2.75, 3.05) is 55.5 Å². The van der Waals surface area contributed by atoms with Crippen LogP contribution >= 0.6 is 11.6 Å². The monoisotopic (exact) mass is 529 g/mol. The van der Waals surface area contributed by atoms with Crippen molar-refractivity contribution in [1.82, 2.24) is 20.2 Å². The summed E-state index contributed by atoms with van der Waals surface area (Å²) in [4.78, 5) is 15.9. The number of alkyl halides is 2. The molecule has 2 unspecified atom stereocenters. The number of piperazine rings is 1. The lowest BCUT2D eigenvalue weighted by atomic mass is 9.88. The van der Waals surface area contributed by atoms with Gasteiger partial charge in [0.2, 0.25) is 5.95 Å². The minimum atomic E-state index is -2.93. The van der Waals surface area contributed by atoms with Gasteiger partial charge in [-0.2, -0.15) is 4.98 Å². The lowest BCUT2D eigenvalue weighted by molar-refractivity contribution is -0.0833. The fraction of sp³-hybridized carbons (Fsp3) is 0.538. The summed E-state index contributed by atoms with van der Waals surface area (Å²) in [6.07, 6.45) is 4.42. The first-order valence-corrected chi connectivity index (χ1v) is 13.3. The quantitative estimate of drug-likeness (QED) is 0.618. The fourth-order valence-corrected chi connectivity index (χ4v) is 6.37. The van der Waals surface area contributed by atoms with E-state index in [1.807, 2.05) is 30.1 Å². The number of ether oxygens (including phenoxy) is 1. The molecule has 3 saturated heterocycles. The molecule has 1 saturated carbocycles. The number of piperidine rings is 1. The molecule has 0 amide bonds. The third-order valence-corrected chi connectivity index (χ3v) is 8.50. The lowest BCUT2D eigenvalue weighted by Gasteiger charge is -2.55. The van der Waals surface area contributed by atoms with Gasteiger partial charge in [-0.15, -0.1) is 0 Å². The Morgan fingerprint density at radius 2 is 1.97 bits per heavy atom. The molecule has 11 heteroatoms. The molecule has 2 bridgehead atoms. The van der Waals surface area contributed by atoms with Crippen LogP contribution in [-0.4, -0.2) is 79.3 Å². The number of likely N-dealkylation sites (N-methyl/N-ethyl adjacent to an activating group) is 2. The van der Waals surface area contributed by atoms with E-state index in [0.29, 0.717) is 46.9 Å². The molecule has 5 aliphatic heterocycles. The molecule has 6 aliphatic rings. The molecule has 0 radical (unpaired) electrons. The number of nitrogens with zero attached hydrogens (tertiary/aromatic N) is 5. The van der Waals surface area contributed by atoms with Crippen molar-refractivity contribution in [2.24, 2.45) is 5.92 Å². The summed E-state index contributed by atoms with van der Waals surface area (Å²) in [5.41, 5.74) is 3.18. The molecule has 8 rings (SSSR count). The Labute approximate surface area is 219 Å². The van der Waals surface area contributed by atoms with Crippen molar-refractivity contribution in [3.63, 3.8) is 0 Å². The highest BCUT2D eigenvalue weighted by Gasteiger charge is 2.51. The van der Waals surface area contributed by atoms with Crippen molar-refractivity contribution in [3.8, 4) is 0 Å². The molecule has 37 heavy (non-hydrogen) atoms. The Bertz CT molecular complexity index is 1270. The molecule has 6 heterocycles. The van der Waals surface area contributed by atoms with Crippen molar-refractivity contribution in [1.29, 1.82) is 0 Å². The number of benzene rings is 1. The average molecular weight is 530 g/mol. The lowest BCUT2D eigenvalue weighted by Crippen LogP contribution is -2.68. The van der Waals surface area contributed by atoms with Crippen molar-refractivity contribution in [3.05, 3.63) is 40.7 Å². The van der Waals surface area contributed by atoms with E-state index in [2.05, 4.69) is 32.5 Å².